The minimum atomic E-state index is -3.78. The fraction of sp³-hybridized carbons (Fsp3) is 0.500. The van der Waals surface area contributed by atoms with Gasteiger partial charge in [-0.15, -0.1) is 0 Å². The molecule has 1 N–H and O–H groups in total. The standard InChI is InChI=1S/C8H11ClN2O4S/c9-16(14,15)7-5-11(6-10-7)4-2-1-3-8(12)13/h5-6H,1-4H2,(H,12,13). The van der Waals surface area contributed by atoms with E-state index >= 15 is 0 Å². The van der Waals surface area contributed by atoms with Crippen LogP contribution in [0.2, 0.25) is 0 Å². The first-order valence-corrected chi connectivity index (χ1v) is 6.89. The number of nitrogens with zero attached hydrogens (tertiary/aromatic N) is 2. The molecular formula is C8H11ClN2O4S. The molecule has 0 spiro atoms. The normalized spacial score (nSPS) is 11.6. The van der Waals surface area contributed by atoms with Gasteiger partial charge in [0.05, 0.1) is 6.33 Å². The number of halogens is 1. The molecular weight excluding hydrogens is 256 g/mol. The van der Waals surface area contributed by atoms with Gasteiger partial charge in [-0.05, 0) is 12.8 Å². The lowest BCUT2D eigenvalue weighted by atomic mass is 10.2. The first-order chi connectivity index (χ1) is 7.39. The number of unbranched alkanes of at least 4 members (excludes halogenated alkanes) is 1. The number of imidazole rings is 1. The van der Waals surface area contributed by atoms with Gasteiger partial charge in [0, 0.05) is 29.8 Å². The molecule has 1 aromatic heterocycles. The Morgan fingerprint density at radius 3 is 2.69 bits per heavy atom. The van der Waals surface area contributed by atoms with Crippen molar-refractivity contribution in [2.24, 2.45) is 0 Å². The molecule has 16 heavy (non-hydrogen) atoms. The van der Waals surface area contributed by atoms with Crippen LogP contribution in [0.4, 0.5) is 0 Å². The summed E-state index contributed by atoms with van der Waals surface area (Å²) in [4.78, 5) is 13.9. The highest BCUT2D eigenvalue weighted by Gasteiger charge is 2.12. The van der Waals surface area contributed by atoms with Gasteiger partial charge in [0.1, 0.15) is 0 Å². The third-order valence-corrected chi connectivity index (χ3v) is 3.10. The van der Waals surface area contributed by atoms with Gasteiger partial charge in [0.2, 0.25) is 0 Å². The van der Waals surface area contributed by atoms with Crippen LogP contribution in [0.3, 0.4) is 0 Å². The number of aryl methyl sites for hydroxylation is 1. The molecule has 0 atom stereocenters. The van der Waals surface area contributed by atoms with Crippen molar-refractivity contribution in [1.29, 1.82) is 0 Å². The van der Waals surface area contributed by atoms with E-state index in [1.807, 2.05) is 0 Å². The number of hydrogen-bond acceptors (Lipinski definition) is 4. The average molecular weight is 267 g/mol. The molecule has 0 bridgehead atoms. The molecule has 0 radical (unpaired) electrons. The lowest BCUT2D eigenvalue weighted by Gasteiger charge is -1.99. The lowest BCUT2D eigenvalue weighted by molar-refractivity contribution is -0.137. The summed E-state index contributed by atoms with van der Waals surface area (Å²) < 4.78 is 23.3. The molecule has 0 aliphatic heterocycles. The molecule has 0 saturated heterocycles. The monoisotopic (exact) mass is 266 g/mol. The Hall–Kier alpha value is -1.08. The van der Waals surface area contributed by atoms with Gasteiger partial charge < -0.3 is 9.67 Å². The van der Waals surface area contributed by atoms with Gasteiger partial charge in [0.15, 0.2) is 5.03 Å². The summed E-state index contributed by atoms with van der Waals surface area (Å²) in [5.41, 5.74) is 0. The van der Waals surface area contributed by atoms with Crippen LogP contribution in [0.15, 0.2) is 17.6 Å². The number of carbonyl (C=O) groups is 1. The third-order valence-electron chi connectivity index (χ3n) is 1.92. The summed E-state index contributed by atoms with van der Waals surface area (Å²) >= 11 is 0. The van der Waals surface area contributed by atoms with E-state index in [1.165, 1.54) is 12.5 Å². The second kappa shape index (κ2) is 5.31. The maximum Gasteiger partial charge on any atom is 0.303 e. The second-order valence-electron chi connectivity index (χ2n) is 3.24. The summed E-state index contributed by atoms with van der Waals surface area (Å²) in [5, 5.41) is 8.22. The van der Waals surface area contributed by atoms with Crippen molar-refractivity contribution in [2.45, 2.75) is 30.8 Å². The van der Waals surface area contributed by atoms with E-state index in [-0.39, 0.29) is 11.4 Å². The van der Waals surface area contributed by atoms with E-state index in [1.54, 1.807) is 4.57 Å². The van der Waals surface area contributed by atoms with Gasteiger partial charge in [-0.1, -0.05) is 0 Å². The van der Waals surface area contributed by atoms with Crippen molar-refractivity contribution in [1.82, 2.24) is 9.55 Å². The molecule has 0 aliphatic carbocycles. The Bertz CT molecular complexity index is 468. The van der Waals surface area contributed by atoms with E-state index < -0.39 is 15.0 Å². The minimum absolute atomic E-state index is 0.107. The zero-order valence-corrected chi connectivity index (χ0v) is 9.91. The highest BCUT2D eigenvalue weighted by atomic mass is 35.7. The first-order valence-electron chi connectivity index (χ1n) is 4.58. The lowest BCUT2D eigenvalue weighted by Crippen LogP contribution is -1.98. The molecule has 0 unspecified atom stereocenters. The molecule has 1 aromatic rings. The maximum absolute atomic E-state index is 10.9. The molecule has 0 saturated carbocycles. The average Bonchev–Trinajstić information content (AvgIpc) is 2.59. The molecule has 6 nitrogen and oxygen atoms in total. The predicted molar refractivity (Wildman–Crippen MR) is 56.8 cm³/mol. The second-order valence-corrected chi connectivity index (χ2v) is 5.75. The molecule has 8 heteroatoms. The number of rotatable bonds is 6. The van der Waals surface area contributed by atoms with E-state index in [9.17, 15) is 13.2 Å². The van der Waals surface area contributed by atoms with Gasteiger partial charge in [0.25, 0.3) is 9.05 Å². The van der Waals surface area contributed by atoms with Crippen LogP contribution in [-0.2, 0) is 20.4 Å². The fourth-order valence-electron chi connectivity index (χ4n) is 1.16. The number of carboxylic acids is 1. The summed E-state index contributed by atoms with van der Waals surface area (Å²) in [6.45, 7) is 0.521. The van der Waals surface area contributed by atoms with E-state index in [0.29, 0.717) is 19.4 Å². The first kappa shape index (κ1) is 13.0. The molecule has 90 valence electrons. The molecule has 0 aromatic carbocycles. The predicted octanol–water partition coefficient (Wildman–Crippen LogP) is 1.07. The Morgan fingerprint density at radius 2 is 2.19 bits per heavy atom. The highest BCUT2D eigenvalue weighted by molar-refractivity contribution is 8.13. The molecule has 0 amide bonds. The Kier molecular flexibility index (Phi) is 4.31. The maximum atomic E-state index is 10.9. The van der Waals surface area contributed by atoms with Crippen LogP contribution in [0, 0.1) is 0 Å². The Morgan fingerprint density at radius 1 is 1.50 bits per heavy atom. The Balaban J connectivity index is 2.44. The van der Waals surface area contributed by atoms with Crippen LogP contribution in [-0.4, -0.2) is 29.0 Å². The summed E-state index contributed by atoms with van der Waals surface area (Å²) in [6, 6.07) is 0. The number of hydrogen-bond donors (Lipinski definition) is 1. The van der Waals surface area contributed by atoms with Crippen molar-refractivity contribution in [3.05, 3.63) is 12.5 Å². The van der Waals surface area contributed by atoms with Crippen molar-refractivity contribution in [2.75, 3.05) is 0 Å². The fourth-order valence-corrected chi connectivity index (χ4v) is 1.83. The minimum Gasteiger partial charge on any atom is -0.481 e. The van der Waals surface area contributed by atoms with E-state index in [2.05, 4.69) is 4.98 Å². The largest absolute Gasteiger partial charge is 0.481 e. The number of carboxylic acid groups (broad SMARTS) is 1. The van der Waals surface area contributed by atoms with E-state index in [0.717, 1.165) is 0 Å². The van der Waals surface area contributed by atoms with Crippen molar-refractivity contribution >= 4 is 25.7 Å². The quantitative estimate of drug-likeness (QED) is 0.614. The number of aromatic nitrogens is 2. The zero-order valence-electron chi connectivity index (χ0n) is 8.34. The SMILES string of the molecule is O=C(O)CCCCn1cnc(S(=O)(=O)Cl)c1. The van der Waals surface area contributed by atoms with Crippen LogP contribution in [0.25, 0.3) is 0 Å². The van der Waals surface area contributed by atoms with Crippen molar-refractivity contribution in [3.63, 3.8) is 0 Å². The molecule has 0 fully saturated rings. The van der Waals surface area contributed by atoms with Crippen molar-refractivity contribution in [3.8, 4) is 0 Å². The van der Waals surface area contributed by atoms with Gasteiger partial charge in [-0.2, -0.15) is 0 Å². The number of aliphatic carboxylic acids is 1. The van der Waals surface area contributed by atoms with Gasteiger partial charge in [-0.25, -0.2) is 13.4 Å². The third kappa shape index (κ3) is 4.19. The highest BCUT2D eigenvalue weighted by Crippen LogP contribution is 2.11. The van der Waals surface area contributed by atoms with Gasteiger partial charge >= 0.3 is 5.97 Å². The zero-order chi connectivity index (χ0) is 12.2. The van der Waals surface area contributed by atoms with Crippen LogP contribution >= 0.6 is 10.7 Å². The van der Waals surface area contributed by atoms with E-state index in [4.69, 9.17) is 15.8 Å². The van der Waals surface area contributed by atoms with Crippen LogP contribution in [0.1, 0.15) is 19.3 Å². The van der Waals surface area contributed by atoms with Crippen molar-refractivity contribution < 1.29 is 18.3 Å². The topological polar surface area (TPSA) is 89.3 Å². The molecule has 1 rings (SSSR count). The molecule has 0 aliphatic rings. The molecule has 1 heterocycles. The summed E-state index contributed by atoms with van der Waals surface area (Å²) in [7, 11) is 1.31. The Labute approximate surface area is 97.3 Å². The van der Waals surface area contributed by atoms with Crippen LogP contribution < -0.4 is 0 Å². The smallest absolute Gasteiger partial charge is 0.303 e. The van der Waals surface area contributed by atoms with Gasteiger partial charge in [-0.3, -0.25) is 4.79 Å². The summed E-state index contributed by atoms with van der Waals surface area (Å²) in [5.74, 6) is -0.838. The van der Waals surface area contributed by atoms with Crippen LogP contribution in [0.5, 0.6) is 0 Å². The summed E-state index contributed by atoms with van der Waals surface area (Å²) in [6.07, 6.45) is 3.97.